The predicted molar refractivity (Wildman–Crippen MR) is 79.9 cm³/mol. The molecule has 3 heterocycles. The largest absolute Gasteiger partial charge is 0.451 e. The molecular weight excluding hydrogens is 302 g/mol. The average Bonchev–Trinajstić information content (AvgIpc) is 3.23. The molecule has 2 aliphatic heterocycles. The second-order valence-corrected chi connectivity index (χ2v) is 6.15. The summed E-state index contributed by atoms with van der Waals surface area (Å²) in [5, 5.41) is 6.41. The van der Waals surface area contributed by atoms with Crippen LogP contribution in [-0.4, -0.2) is 24.0 Å². The Labute approximate surface area is 131 Å². The molecule has 2 aromatic rings. The van der Waals surface area contributed by atoms with E-state index in [0.717, 1.165) is 31.4 Å². The summed E-state index contributed by atoms with van der Waals surface area (Å²) in [6.07, 6.45) is 3.15. The van der Waals surface area contributed by atoms with Crippen molar-refractivity contribution in [3.8, 4) is 11.3 Å². The Hall–Kier alpha value is -2.21. The molecule has 0 unspecified atom stereocenters. The number of rotatable bonds is 3. The minimum Gasteiger partial charge on any atom is -0.451 e. The van der Waals surface area contributed by atoms with E-state index in [2.05, 4.69) is 10.6 Å². The fourth-order valence-electron chi connectivity index (χ4n) is 3.52. The Kier molecular flexibility index (Phi) is 3.41. The van der Waals surface area contributed by atoms with E-state index >= 15 is 0 Å². The van der Waals surface area contributed by atoms with Crippen LogP contribution >= 0.6 is 0 Å². The van der Waals surface area contributed by atoms with Gasteiger partial charge in [-0.05, 0) is 43.5 Å². The molecule has 0 radical (unpaired) electrons. The van der Waals surface area contributed by atoms with Crippen molar-refractivity contribution in [2.45, 2.75) is 37.4 Å². The van der Waals surface area contributed by atoms with Gasteiger partial charge in [0.15, 0.2) is 5.76 Å². The molecule has 0 aliphatic carbocycles. The van der Waals surface area contributed by atoms with Crippen LogP contribution in [0.25, 0.3) is 11.3 Å². The molecule has 2 fully saturated rings. The SMILES string of the molecule is O=C(N[C@@H]1C[C@H]2CC[C@@H]1N2)c1ccc(-c2ccc(F)cc2F)o1. The monoisotopic (exact) mass is 318 g/mol. The van der Waals surface area contributed by atoms with E-state index in [1.165, 1.54) is 18.2 Å². The summed E-state index contributed by atoms with van der Waals surface area (Å²) < 4.78 is 32.2. The number of carbonyl (C=O) groups excluding carboxylic acids is 1. The van der Waals surface area contributed by atoms with E-state index in [9.17, 15) is 13.6 Å². The molecule has 2 N–H and O–H groups in total. The summed E-state index contributed by atoms with van der Waals surface area (Å²) in [5.74, 6) is -1.34. The number of amides is 1. The second kappa shape index (κ2) is 5.45. The lowest BCUT2D eigenvalue weighted by Crippen LogP contribution is -2.42. The number of fused-ring (bicyclic) bond motifs is 2. The highest BCUT2D eigenvalue weighted by Gasteiger charge is 2.39. The highest BCUT2D eigenvalue weighted by molar-refractivity contribution is 5.92. The first kappa shape index (κ1) is 14.4. The number of carbonyl (C=O) groups is 1. The number of hydrogen-bond donors (Lipinski definition) is 2. The first-order chi connectivity index (χ1) is 11.1. The van der Waals surface area contributed by atoms with E-state index in [1.54, 1.807) is 0 Å². The van der Waals surface area contributed by atoms with Crippen molar-refractivity contribution >= 4 is 5.91 Å². The standard InChI is InChI=1S/C17H16F2N2O2/c18-9-1-3-11(12(19)7-9)15-5-6-16(23-15)17(22)21-14-8-10-2-4-13(14)20-10/h1,3,5-7,10,13-14,20H,2,4,8H2,(H,21,22)/t10-,13+,14-/m1/s1. The van der Waals surface area contributed by atoms with Crippen LogP contribution in [0.2, 0.25) is 0 Å². The fourth-order valence-corrected chi connectivity index (χ4v) is 3.52. The number of nitrogens with one attached hydrogen (secondary N) is 2. The van der Waals surface area contributed by atoms with E-state index in [4.69, 9.17) is 4.42 Å². The zero-order valence-electron chi connectivity index (χ0n) is 12.3. The molecule has 1 amide bonds. The van der Waals surface area contributed by atoms with Crippen LogP contribution in [0.15, 0.2) is 34.7 Å². The van der Waals surface area contributed by atoms with E-state index in [0.29, 0.717) is 12.1 Å². The summed E-state index contributed by atoms with van der Waals surface area (Å²) in [5.41, 5.74) is 0.132. The third-order valence-corrected chi connectivity index (χ3v) is 4.64. The molecule has 6 heteroatoms. The molecule has 4 rings (SSSR count). The molecule has 0 spiro atoms. The van der Waals surface area contributed by atoms with Crippen LogP contribution < -0.4 is 10.6 Å². The molecule has 2 saturated heterocycles. The van der Waals surface area contributed by atoms with Crippen molar-refractivity contribution in [3.63, 3.8) is 0 Å². The van der Waals surface area contributed by atoms with Gasteiger partial charge in [-0.3, -0.25) is 4.79 Å². The molecule has 23 heavy (non-hydrogen) atoms. The lowest BCUT2D eigenvalue weighted by Gasteiger charge is -2.20. The van der Waals surface area contributed by atoms with Crippen LogP contribution in [0, 0.1) is 11.6 Å². The maximum atomic E-state index is 13.8. The topological polar surface area (TPSA) is 54.3 Å². The Morgan fingerprint density at radius 3 is 2.78 bits per heavy atom. The van der Waals surface area contributed by atoms with Gasteiger partial charge in [-0.15, -0.1) is 0 Å². The van der Waals surface area contributed by atoms with Gasteiger partial charge in [0.2, 0.25) is 0 Å². The van der Waals surface area contributed by atoms with Crippen molar-refractivity contribution in [2.75, 3.05) is 0 Å². The second-order valence-electron chi connectivity index (χ2n) is 6.15. The number of halogens is 2. The summed E-state index contributed by atoms with van der Waals surface area (Å²) in [4.78, 5) is 12.3. The minimum absolute atomic E-state index is 0.109. The van der Waals surface area contributed by atoms with Crippen LogP contribution in [0.1, 0.15) is 29.8 Å². The van der Waals surface area contributed by atoms with Crippen molar-refractivity contribution in [2.24, 2.45) is 0 Å². The molecule has 1 aromatic heterocycles. The average molecular weight is 318 g/mol. The fraction of sp³-hybridized carbons (Fsp3) is 0.353. The Morgan fingerprint density at radius 2 is 2.09 bits per heavy atom. The van der Waals surface area contributed by atoms with Gasteiger partial charge in [0.25, 0.3) is 5.91 Å². The lowest BCUT2D eigenvalue weighted by molar-refractivity contribution is 0.0903. The molecule has 3 atom stereocenters. The Bertz CT molecular complexity index is 759. The minimum atomic E-state index is -0.719. The predicted octanol–water partition coefficient (Wildman–Crippen LogP) is 2.85. The first-order valence-electron chi connectivity index (χ1n) is 7.72. The van der Waals surface area contributed by atoms with Crippen molar-refractivity contribution in [3.05, 3.63) is 47.7 Å². The number of furan rings is 1. The van der Waals surface area contributed by atoms with Gasteiger partial charge in [0, 0.05) is 24.2 Å². The zero-order chi connectivity index (χ0) is 16.0. The first-order valence-corrected chi connectivity index (χ1v) is 7.72. The van der Waals surface area contributed by atoms with Gasteiger partial charge in [0.05, 0.1) is 5.56 Å². The van der Waals surface area contributed by atoms with Gasteiger partial charge < -0.3 is 15.1 Å². The Morgan fingerprint density at radius 1 is 1.22 bits per heavy atom. The normalized spacial score (nSPS) is 25.7. The number of benzene rings is 1. The molecule has 2 aliphatic rings. The molecule has 120 valence electrons. The highest BCUT2D eigenvalue weighted by atomic mass is 19.1. The van der Waals surface area contributed by atoms with Crippen LogP contribution in [0.4, 0.5) is 8.78 Å². The van der Waals surface area contributed by atoms with E-state index in [-0.39, 0.29) is 29.0 Å². The Balaban J connectivity index is 1.50. The molecule has 2 bridgehead atoms. The van der Waals surface area contributed by atoms with E-state index < -0.39 is 11.6 Å². The summed E-state index contributed by atoms with van der Waals surface area (Å²) in [6.45, 7) is 0. The third kappa shape index (κ3) is 2.63. The maximum absolute atomic E-state index is 13.8. The van der Waals surface area contributed by atoms with Gasteiger partial charge in [-0.2, -0.15) is 0 Å². The molecule has 1 aromatic carbocycles. The smallest absolute Gasteiger partial charge is 0.287 e. The van der Waals surface area contributed by atoms with Crippen molar-refractivity contribution in [1.29, 1.82) is 0 Å². The quantitative estimate of drug-likeness (QED) is 0.915. The van der Waals surface area contributed by atoms with Crippen molar-refractivity contribution in [1.82, 2.24) is 10.6 Å². The zero-order valence-corrected chi connectivity index (χ0v) is 12.3. The highest BCUT2D eigenvalue weighted by Crippen LogP contribution is 2.29. The molecule has 0 saturated carbocycles. The van der Waals surface area contributed by atoms with Crippen LogP contribution in [0.5, 0.6) is 0 Å². The van der Waals surface area contributed by atoms with Gasteiger partial charge in [0.1, 0.15) is 17.4 Å². The molecular formula is C17H16F2N2O2. The number of hydrogen-bond acceptors (Lipinski definition) is 3. The maximum Gasteiger partial charge on any atom is 0.287 e. The van der Waals surface area contributed by atoms with Crippen molar-refractivity contribution < 1.29 is 18.0 Å². The lowest BCUT2D eigenvalue weighted by atomic mass is 9.95. The third-order valence-electron chi connectivity index (χ3n) is 4.64. The molecule has 4 nitrogen and oxygen atoms in total. The summed E-state index contributed by atoms with van der Waals surface area (Å²) in [7, 11) is 0. The van der Waals surface area contributed by atoms with Crippen LogP contribution in [-0.2, 0) is 0 Å². The summed E-state index contributed by atoms with van der Waals surface area (Å²) >= 11 is 0. The van der Waals surface area contributed by atoms with Gasteiger partial charge in [-0.25, -0.2) is 8.78 Å². The summed E-state index contributed by atoms with van der Waals surface area (Å²) in [6, 6.07) is 7.19. The van der Waals surface area contributed by atoms with Gasteiger partial charge in [-0.1, -0.05) is 0 Å². The van der Waals surface area contributed by atoms with E-state index in [1.807, 2.05) is 0 Å². The van der Waals surface area contributed by atoms with Gasteiger partial charge >= 0.3 is 0 Å². The van der Waals surface area contributed by atoms with Crippen LogP contribution in [0.3, 0.4) is 0 Å².